The van der Waals surface area contributed by atoms with Crippen LogP contribution in [0.25, 0.3) is 5.95 Å². The number of carbonyl (C=O) groups is 1. The predicted octanol–water partition coefficient (Wildman–Crippen LogP) is 3.97. The molecule has 3 aromatic rings. The molecular formula is C23H29N5O. The summed E-state index contributed by atoms with van der Waals surface area (Å²) < 4.78 is 1.74. The van der Waals surface area contributed by atoms with Crippen LogP contribution in [-0.2, 0) is 11.2 Å². The van der Waals surface area contributed by atoms with Gasteiger partial charge in [-0.1, -0.05) is 29.8 Å². The number of benzene rings is 1. The molecule has 1 amide bonds. The van der Waals surface area contributed by atoms with Crippen molar-refractivity contribution in [1.82, 2.24) is 24.6 Å². The first-order valence-corrected chi connectivity index (χ1v) is 9.87. The Morgan fingerprint density at radius 3 is 2.21 bits per heavy atom. The molecule has 0 N–H and O–H groups in total. The Morgan fingerprint density at radius 2 is 1.62 bits per heavy atom. The molecule has 6 nitrogen and oxygen atoms in total. The summed E-state index contributed by atoms with van der Waals surface area (Å²) in [5, 5.41) is 4.61. The van der Waals surface area contributed by atoms with Crippen molar-refractivity contribution in [2.24, 2.45) is 0 Å². The maximum atomic E-state index is 13.0. The van der Waals surface area contributed by atoms with Crippen molar-refractivity contribution in [2.75, 3.05) is 7.05 Å². The third kappa shape index (κ3) is 4.36. The zero-order chi connectivity index (χ0) is 21.3. The number of amides is 1. The summed E-state index contributed by atoms with van der Waals surface area (Å²) in [7, 11) is 1.86. The molecule has 6 heteroatoms. The molecule has 0 aliphatic rings. The first-order chi connectivity index (χ1) is 13.7. The zero-order valence-corrected chi connectivity index (χ0v) is 18.3. The Kier molecular flexibility index (Phi) is 5.82. The summed E-state index contributed by atoms with van der Waals surface area (Å²) >= 11 is 0. The minimum atomic E-state index is 0.00140. The third-order valence-corrected chi connectivity index (χ3v) is 5.46. The number of nitrogens with zero attached hydrogens (tertiary/aromatic N) is 5. The highest BCUT2D eigenvalue weighted by Gasteiger charge is 2.22. The van der Waals surface area contributed by atoms with Crippen LogP contribution in [0.4, 0.5) is 0 Å². The summed E-state index contributed by atoms with van der Waals surface area (Å²) in [6.45, 7) is 11.9. The molecule has 0 saturated carbocycles. The van der Waals surface area contributed by atoms with E-state index in [0.717, 1.165) is 33.9 Å². The smallest absolute Gasteiger partial charge is 0.251 e. The van der Waals surface area contributed by atoms with Gasteiger partial charge < -0.3 is 4.90 Å². The molecule has 0 aliphatic heterocycles. The number of carbonyl (C=O) groups excluding carboxylic acids is 1. The van der Waals surface area contributed by atoms with Gasteiger partial charge in [0, 0.05) is 29.7 Å². The second kappa shape index (κ2) is 8.15. The van der Waals surface area contributed by atoms with Crippen molar-refractivity contribution in [3.8, 4) is 5.95 Å². The SMILES string of the molecule is Cc1ccc(C(C)N(C)C(=O)Cc2c(C)nn(-c3nc(C)cc(C)n3)c2C)cc1. The van der Waals surface area contributed by atoms with E-state index < -0.39 is 0 Å². The summed E-state index contributed by atoms with van der Waals surface area (Å²) in [6, 6.07) is 10.2. The molecule has 1 atom stereocenters. The molecular weight excluding hydrogens is 362 g/mol. The van der Waals surface area contributed by atoms with E-state index >= 15 is 0 Å². The first kappa shape index (κ1) is 20.7. The lowest BCUT2D eigenvalue weighted by Gasteiger charge is -2.25. The van der Waals surface area contributed by atoms with Crippen LogP contribution in [0.2, 0.25) is 0 Å². The van der Waals surface area contributed by atoms with Crippen molar-refractivity contribution in [3.63, 3.8) is 0 Å². The maximum Gasteiger partial charge on any atom is 0.251 e. The number of aromatic nitrogens is 4. The Labute approximate surface area is 172 Å². The van der Waals surface area contributed by atoms with Gasteiger partial charge in [-0.05, 0) is 53.2 Å². The fraction of sp³-hybridized carbons (Fsp3) is 0.391. The Hall–Kier alpha value is -3.02. The van der Waals surface area contributed by atoms with Crippen LogP contribution in [0.1, 0.15) is 52.4 Å². The zero-order valence-electron chi connectivity index (χ0n) is 18.3. The lowest BCUT2D eigenvalue weighted by molar-refractivity contribution is -0.131. The highest BCUT2D eigenvalue weighted by Crippen LogP contribution is 2.22. The fourth-order valence-electron chi connectivity index (χ4n) is 3.49. The van der Waals surface area contributed by atoms with Crippen molar-refractivity contribution < 1.29 is 4.79 Å². The monoisotopic (exact) mass is 391 g/mol. The van der Waals surface area contributed by atoms with Crippen molar-refractivity contribution in [2.45, 2.75) is 54.0 Å². The predicted molar refractivity (Wildman–Crippen MR) is 114 cm³/mol. The van der Waals surface area contributed by atoms with Crippen molar-refractivity contribution in [1.29, 1.82) is 0 Å². The standard InChI is InChI=1S/C23H29N5O/c1-14-8-10-20(11-9-14)18(5)27(7)22(29)13-21-17(4)26-28(19(21)6)23-24-15(2)12-16(3)25-23/h8-12,18H,13H2,1-7H3. The second-order valence-corrected chi connectivity index (χ2v) is 7.78. The largest absolute Gasteiger partial charge is 0.339 e. The topological polar surface area (TPSA) is 63.9 Å². The van der Waals surface area contributed by atoms with E-state index in [1.54, 1.807) is 9.58 Å². The molecule has 0 saturated heterocycles. The molecule has 1 aromatic carbocycles. The van der Waals surface area contributed by atoms with Gasteiger partial charge in [-0.2, -0.15) is 5.10 Å². The van der Waals surface area contributed by atoms with Gasteiger partial charge >= 0.3 is 0 Å². The molecule has 2 aromatic heterocycles. The van der Waals surface area contributed by atoms with Gasteiger partial charge in [0.15, 0.2) is 0 Å². The molecule has 0 spiro atoms. The van der Waals surface area contributed by atoms with Gasteiger partial charge in [-0.3, -0.25) is 4.79 Å². The lowest BCUT2D eigenvalue weighted by Crippen LogP contribution is -2.31. The van der Waals surface area contributed by atoms with E-state index in [2.05, 4.69) is 53.2 Å². The number of aryl methyl sites for hydroxylation is 4. The molecule has 2 heterocycles. The quantitative estimate of drug-likeness (QED) is 0.660. The van der Waals surface area contributed by atoms with E-state index in [4.69, 9.17) is 0 Å². The third-order valence-electron chi connectivity index (χ3n) is 5.46. The van der Waals surface area contributed by atoms with Crippen LogP contribution < -0.4 is 0 Å². The van der Waals surface area contributed by atoms with Gasteiger partial charge in [0.1, 0.15) is 0 Å². The molecule has 0 radical (unpaired) electrons. The van der Waals surface area contributed by atoms with E-state index in [1.807, 2.05) is 40.8 Å². The molecule has 0 fully saturated rings. The van der Waals surface area contributed by atoms with Gasteiger partial charge in [0.25, 0.3) is 5.95 Å². The summed E-state index contributed by atoms with van der Waals surface area (Å²) in [5.41, 5.74) is 6.78. The van der Waals surface area contributed by atoms with E-state index in [9.17, 15) is 4.79 Å². The fourth-order valence-corrected chi connectivity index (χ4v) is 3.49. The van der Waals surface area contributed by atoms with Gasteiger partial charge in [0.2, 0.25) is 5.91 Å². The average Bonchev–Trinajstić information content (AvgIpc) is 2.95. The van der Waals surface area contributed by atoms with Crippen LogP contribution in [0.15, 0.2) is 30.3 Å². The van der Waals surface area contributed by atoms with Crippen LogP contribution in [0.3, 0.4) is 0 Å². The van der Waals surface area contributed by atoms with Crippen LogP contribution >= 0.6 is 0 Å². The number of hydrogen-bond donors (Lipinski definition) is 0. The number of likely N-dealkylation sites (N-methyl/N-ethyl adjacent to an activating group) is 1. The maximum absolute atomic E-state index is 13.0. The van der Waals surface area contributed by atoms with Crippen LogP contribution in [0, 0.1) is 34.6 Å². The molecule has 1 unspecified atom stereocenters. The van der Waals surface area contributed by atoms with Crippen LogP contribution in [0.5, 0.6) is 0 Å². The Balaban J connectivity index is 1.83. The second-order valence-electron chi connectivity index (χ2n) is 7.78. The minimum Gasteiger partial charge on any atom is -0.339 e. The Morgan fingerprint density at radius 1 is 1.03 bits per heavy atom. The summed E-state index contributed by atoms with van der Waals surface area (Å²) in [4.78, 5) is 23.8. The van der Waals surface area contributed by atoms with Crippen LogP contribution in [-0.4, -0.2) is 37.6 Å². The van der Waals surface area contributed by atoms with Crippen molar-refractivity contribution >= 4 is 5.91 Å². The minimum absolute atomic E-state index is 0.00140. The molecule has 3 rings (SSSR count). The summed E-state index contributed by atoms with van der Waals surface area (Å²) in [6.07, 6.45) is 0.301. The lowest BCUT2D eigenvalue weighted by atomic mass is 10.0. The first-order valence-electron chi connectivity index (χ1n) is 9.87. The van der Waals surface area contributed by atoms with Gasteiger partial charge in [-0.15, -0.1) is 0 Å². The average molecular weight is 392 g/mol. The number of hydrogen-bond acceptors (Lipinski definition) is 4. The van der Waals surface area contributed by atoms with Crippen molar-refractivity contribution in [3.05, 3.63) is 69.8 Å². The van der Waals surface area contributed by atoms with E-state index in [0.29, 0.717) is 12.4 Å². The molecule has 0 aliphatic carbocycles. The highest BCUT2D eigenvalue weighted by molar-refractivity contribution is 5.79. The normalized spacial score (nSPS) is 12.1. The van der Waals surface area contributed by atoms with Gasteiger partial charge in [0.05, 0.1) is 18.2 Å². The van der Waals surface area contributed by atoms with E-state index in [1.165, 1.54) is 5.56 Å². The number of rotatable bonds is 5. The van der Waals surface area contributed by atoms with Gasteiger partial charge in [-0.25, -0.2) is 14.6 Å². The highest BCUT2D eigenvalue weighted by atomic mass is 16.2. The molecule has 152 valence electrons. The van der Waals surface area contributed by atoms with E-state index in [-0.39, 0.29) is 11.9 Å². The summed E-state index contributed by atoms with van der Waals surface area (Å²) in [5.74, 6) is 0.605. The Bertz CT molecular complexity index is 1020. The molecule has 29 heavy (non-hydrogen) atoms. The molecule has 0 bridgehead atoms.